The van der Waals surface area contributed by atoms with Gasteiger partial charge in [-0.15, -0.1) is 11.8 Å². The minimum Gasteiger partial charge on any atom is -0.354 e. The van der Waals surface area contributed by atoms with Gasteiger partial charge in [0.2, 0.25) is 5.91 Å². The van der Waals surface area contributed by atoms with E-state index in [1.165, 1.54) is 36.7 Å². The van der Waals surface area contributed by atoms with Crippen LogP contribution in [0.4, 0.5) is 5.69 Å². The van der Waals surface area contributed by atoms with Crippen LogP contribution in [0.15, 0.2) is 29.2 Å². The Balaban J connectivity index is 1.85. The second-order valence-electron chi connectivity index (χ2n) is 7.79. The maximum Gasteiger partial charge on any atom is 0.269 e. The molecule has 1 aliphatic rings. The maximum atomic E-state index is 12.5. The van der Waals surface area contributed by atoms with Gasteiger partial charge in [0.15, 0.2) is 0 Å². The molecule has 0 aliphatic carbocycles. The Morgan fingerprint density at radius 3 is 2.37 bits per heavy atom. The molecule has 0 bridgehead atoms. The molecule has 0 saturated carbocycles. The van der Waals surface area contributed by atoms with Crippen molar-refractivity contribution in [1.29, 1.82) is 0 Å². The fraction of sp³-hybridized carbons (Fsp3) is 0.650. The molecule has 2 atom stereocenters. The molecule has 0 spiro atoms. The Labute approximate surface area is 166 Å². The van der Waals surface area contributed by atoms with Crippen molar-refractivity contribution in [1.82, 2.24) is 10.2 Å². The summed E-state index contributed by atoms with van der Waals surface area (Å²) in [4.78, 5) is 26.2. The molecule has 0 radical (unpaired) electrons. The molecule has 27 heavy (non-hydrogen) atoms. The van der Waals surface area contributed by atoms with E-state index in [0.717, 1.165) is 23.9 Å². The van der Waals surface area contributed by atoms with Crippen molar-refractivity contribution in [3.8, 4) is 0 Å². The van der Waals surface area contributed by atoms with Gasteiger partial charge in [-0.1, -0.05) is 20.8 Å². The minimum atomic E-state index is -0.419. The van der Waals surface area contributed by atoms with Crippen LogP contribution in [0.25, 0.3) is 0 Å². The smallest absolute Gasteiger partial charge is 0.269 e. The molecule has 2 unspecified atom stereocenters. The lowest BCUT2D eigenvalue weighted by Crippen LogP contribution is -2.50. The van der Waals surface area contributed by atoms with Gasteiger partial charge in [0.05, 0.1) is 10.2 Å². The van der Waals surface area contributed by atoms with Crippen LogP contribution in [0.1, 0.15) is 40.5 Å². The summed E-state index contributed by atoms with van der Waals surface area (Å²) < 4.78 is 0. The average molecular weight is 394 g/mol. The number of rotatable bonds is 8. The number of amides is 1. The Morgan fingerprint density at radius 2 is 1.85 bits per heavy atom. The molecule has 6 nitrogen and oxygen atoms in total. The molecule has 1 N–H and O–H groups in total. The molecule has 1 aromatic carbocycles. The van der Waals surface area contributed by atoms with Gasteiger partial charge in [0.25, 0.3) is 5.69 Å². The van der Waals surface area contributed by atoms with Crippen LogP contribution in [0.5, 0.6) is 0 Å². The van der Waals surface area contributed by atoms with Crippen LogP contribution >= 0.6 is 11.8 Å². The zero-order valence-electron chi connectivity index (χ0n) is 16.7. The molecule has 2 rings (SSSR count). The normalized spacial score (nSPS) is 18.3. The summed E-state index contributed by atoms with van der Waals surface area (Å²) in [5.74, 6) is 1.28. The van der Waals surface area contributed by atoms with Crippen molar-refractivity contribution in [2.24, 2.45) is 11.8 Å². The number of thioether (sulfide) groups is 1. The summed E-state index contributed by atoms with van der Waals surface area (Å²) >= 11 is 1.42. The minimum absolute atomic E-state index is 0.00869. The third-order valence-electron chi connectivity index (χ3n) is 5.27. The quantitative estimate of drug-likeness (QED) is 0.411. The Morgan fingerprint density at radius 1 is 1.26 bits per heavy atom. The van der Waals surface area contributed by atoms with Gasteiger partial charge >= 0.3 is 0 Å². The number of piperidine rings is 1. The predicted molar refractivity (Wildman–Crippen MR) is 110 cm³/mol. The van der Waals surface area contributed by atoms with Gasteiger partial charge in [-0.3, -0.25) is 19.8 Å². The monoisotopic (exact) mass is 393 g/mol. The number of hydrogen-bond donors (Lipinski definition) is 1. The summed E-state index contributed by atoms with van der Waals surface area (Å²) in [5.41, 5.74) is 0.0621. The summed E-state index contributed by atoms with van der Waals surface area (Å²) in [5, 5.41) is 13.6. The summed E-state index contributed by atoms with van der Waals surface area (Å²) in [7, 11) is 0. The lowest BCUT2D eigenvalue weighted by Gasteiger charge is -2.39. The fourth-order valence-electron chi connectivity index (χ4n) is 3.40. The molecule has 1 heterocycles. The zero-order valence-corrected chi connectivity index (χ0v) is 17.5. The number of carbonyl (C=O) groups excluding carboxylic acids is 1. The van der Waals surface area contributed by atoms with E-state index in [-0.39, 0.29) is 16.8 Å². The van der Waals surface area contributed by atoms with Crippen molar-refractivity contribution >= 4 is 23.4 Å². The number of nitrogens with zero attached hydrogens (tertiary/aromatic N) is 2. The van der Waals surface area contributed by atoms with E-state index in [1.54, 1.807) is 12.1 Å². The molecular formula is C20H31N3O3S. The molecule has 1 aromatic rings. The molecule has 7 heteroatoms. The van der Waals surface area contributed by atoms with E-state index in [1.807, 2.05) is 6.92 Å². The Bertz CT molecular complexity index is 628. The second-order valence-corrected chi connectivity index (χ2v) is 9.20. The van der Waals surface area contributed by atoms with Gasteiger partial charge in [-0.2, -0.15) is 0 Å². The number of nitro groups is 1. The summed E-state index contributed by atoms with van der Waals surface area (Å²) in [6.07, 6.45) is 2.45. The van der Waals surface area contributed by atoms with Gasteiger partial charge in [0.1, 0.15) is 0 Å². The lowest BCUT2D eigenvalue weighted by atomic mass is 9.94. The van der Waals surface area contributed by atoms with Crippen molar-refractivity contribution in [2.45, 2.75) is 56.7 Å². The highest BCUT2D eigenvalue weighted by molar-refractivity contribution is 8.00. The molecule has 1 aliphatic heterocycles. The highest BCUT2D eigenvalue weighted by Crippen LogP contribution is 2.26. The van der Waals surface area contributed by atoms with Crippen molar-refractivity contribution < 1.29 is 9.72 Å². The lowest BCUT2D eigenvalue weighted by molar-refractivity contribution is -0.384. The van der Waals surface area contributed by atoms with Crippen molar-refractivity contribution in [2.75, 3.05) is 19.6 Å². The van der Waals surface area contributed by atoms with E-state index in [9.17, 15) is 14.9 Å². The SMILES string of the molecule is CC1CCN(C(CNC(=O)C(C)Sc2ccc([N+](=O)[O-])cc2)C(C)C)CC1. The van der Waals surface area contributed by atoms with Gasteiger partial charge in [0, 0.05) is 29.6 Å². The van der Waals surface area contributed by atoms with Crippen molar-refractivity contribution in [3.63, 3.8) is 0 Å². The number of benzene rings is 1. The van der Waals surface area contributed by atoms with Gasteiger partial charge in [-0.05, 0) is 56.8 Å². The van der Waals surface area contributed by atoms with E-state index in [0.29, 0.717) is 18.5 Å². The van der Waals surface area contributed by atoms with E-state index in [2.05, 4.69) is 31.0 Å². The number of likely N-dealkylation sites (tertiary alicyclic amines) is 1. The first-order valence-electron chi connectivity index (χ1n) is 9.70. The van der Waals surface area contributed by atoms with Crippen LogP contribution in [0.3, 0.4) is 0 Å². The number of hydrogen-bond acceptors (Lipinski definition) is 5. The summed E-state index contributed by atoms with van der Waals surface area (Å²) in [6.45, 7) is 11.5. The Hall–Kier alpha value is -1.60. The first kappa shape index (κ1) is 21.7. The predicted octanol–water partition coefficient (Wildman–Crippen LogP) is 3.95. The number of nitrogens with one attached hydrogen (secondary N) is 1. The van der Waals surface area contributed by atoms with Crippen LogP contribution in [-0.2, 0) is 4.79 Å². The molecule has 150 valence electrons. The molecular weight excluding hydrogens is 362 g/mol. The van der Waals surface area contributed by atoms with E-state index >= 15 is 0 Å². The highest BCUT2D eigenvalue weighted by atomic mass is 32.2. The first-order chi connectivity index (χ1) is 12.8. The first-order valence-corrected chi connectivity index (χ1v) is 10.6. The fourth-order valence-corrected chi connectivity index (χ4v) is 4.29. The van der Waals surface area contributed by atoms with E-state index in [4.69, 9.17) is 0 Å². The van der Waals surface area contributed by atoms with Crippen LogP contribution in [0.2, 0.25) is 0 Å². The standard InChI is InChI=1S/C20H31N3O3S/c1-14(2)19(22-11-9-15(3)10-12-22)13-21-20(24)16(4)27-18-7-5-17(6-8-18)23(25)26/h5-8,14-16,19H,9-13H2,1-4H3,(H,21,24). The highest BCUT2D eigenvalue weighted by Gasteiger charge is 2.26. The zero-order chi connectivity index (χ0) is 20.0. The third kappa shape index (κ3) is 6.50. The molecule has 1 saturated heterocycles. The average Bonchev–Trinajstić information content (AvgIpc) is 2.63. The van der Waals surface area contributed by atoms with E-state index < -0.39 is 4.92 Å². The van der Waals surface area contributed by atoms with Crippen LogP contribution in [0, 0.1) is 22.0 Å². The number of non-ortho nitro benzene ring substituents is 1. The Kier molecular flexibility index (Phi) is 8.10. The topological polar surface area (TPSA) is 75.5 Å². The van der Waals surface area contributed by atoms with Crippen LogP contribution in [-0.4, -0.2) is 46.7 Å². The van der Waals surface area contributed by atoms with Gasteiger partial charge < -0.3 is 5.32 Å². The molecule has 1 fully saturated rings. The van der Waals surface area contributed by atoms with Gasteiger partial charge in [-0.25, -0.2) is 0 Å². The largest absolute Gasteiger partial charge is 0.354 e. The molecule has 1 amide bonds. The number of nitro benzene ring substituents is 1. The third-order valence-corrected chi connectivity index (χ3v) is 6.38. The second kappa shape index (κ2) is 10.1. The summed E-state index contributed by atoms with van der Waals surface area (Å²) in [6, 6.07) is 6.69. The maximum absolute atomic E-state index is 12.5. The number of carbonyl (C=O) groups is 1. The van der Waals surface area contributed by atoms with Crippen molar-refractivity contribution in [3.05, 3.63) is 34.4 Å². The van der Waals surface area contributed by atoms with Crippen LogP contribution < -0.4 is 5.32 Å². The molecule has 0 aromatic heterocycles.